The van der Waals surface area contributed by atoms with Gasteiger partial charge in [0, 0.05) is 48.3 Å². The van der Waals surface area contributed by atoms with E-state index in [2.05, 4.69) is 0 Å². The first-order valence-corrected chi connectivity index (χ1v) is 7.60. The van der Waals surface area contributed by atoms with Crippen molar-refractivity contribution in [1.29, 1.82) is 0 Å². The molecule has 0 aromatic carbocycles. The minimum atomic E-state index is -0.302. The van der Waals surface area contributed by atoms with Crippen LogP contribution >= 0.6 is 0 Å². The summed E-state index contributed by atoms with van der Waals surface area (Å²) in [6, 6.07) is -1.68. The van der Waals surface area contributed by atoms with Gasteiger partial charge in [0.25, 0.3) is 0 Å². The SMILES string of the molecule is CC(N)C(N)CC(N)CC(N)C(N)CC(N)C(N)C(C)N. The van der Waals surface area contributed by atoms with Gasteiger partial charge in [0.15, 0.2) is 0 Å². The maximum absolute atomic E-state index is 6.09. The fourth-order valence-electron chi connectivity index (χ4n) is 2.22. The average Bonchev–Trinajstić information content (AvgIpc) is 2.36. The molecule has 0 aliphatic rings. The van der Waals surface area contributed by atoms with Crippen LogP contribution in [0.2, 0.25) is 0 Å². The summed E-state index contributed by atoms with van der Waals surface area (Å²) in [5.41, 5.74) is 47.5. The summed E-state index contributed by atoms with van der Waals surface area (Å²) < 4.78 is 0. The van der Waals surface area contributed by atoms with Gasteiger partial charge in [-0.2, -0.15) is 0 Å². The highest BCUT2D eigenvalue weighted by molar-refractivity contribution is 4.90. The molecule has 0 aliphatic carbocycles. The van der Waals surface area contributed by atoms with Gasteiger partial charge in [0.05, 0.1) is 0 Å². The lowest BCUT2D eigenvalue weighted by Crippen LogP contribution is -2.56. The van der Waals surface area contributed by atoms with Gasteiger partial charge in [-0.05, 0) is 33.1 Å². The van der Waals surface area contributed by atoms with Gasteiger partial charge in [-0.15, -0.1) is 0 Å². The second-order valence-corrected chi connectivity index (χ2v) is 6.42. The summed E-state index contributed by atoms with van der Waals surface area (Å²) in [4.78, 5) is 0. The summed E-state index contributed by atoms with van der Waals surface area (Å²) in [5.74, 6) is 0. The van der Waals surface area contributed by atoms with E-state index >= 15 is 0 Å². The quantitative estimate of drug-likeness (QED) is 0.206. The molecule has 0 aliphatic heterocycles. The molecule has 128 valence electrons. The van der Waals surface area contributed by atoms with E-state index in [1.54, 1.807) is 0 Å². The van der Waals surface area contributed by atoms with Gasteiger partial charge in [-0.3, -0.25) is 0 Å². The van der Waals surface area contributed by atoms with Crippen LogP contribution in [0, 0.1) is 0 Å². The van der Waals surface area contributed by atoms with Gasteiger partial charge >= 0.3 is 0 Å². The maximum atomic E-state index is 6.09. The van der Waals surface area contributed by atoms with Crippen LogP contribution in [0.3, 0.4) is 0 Å². The zero-order valence-corrected chi connectivity index (χ0v) is 13.4. The van der Waals surface area contributed by atoms with Gasteiger partial charge < -0.3 is 45.9 Å². The van der Waals surface area contributed by atoms with Gasteiger partial charge in [0.1, 0.15) is 0 Å². The lowest BCUT2D eigenvalue weighted by atomic mass is 9.90. The van der Waals surface area contributed by atoms with Gasteiger partial charge in [-0.1, -0.05) is 0 Å². The minimum Gasteiger partial charge on any atom is -0.328 e. The highest BCUT2D eigenvalue weighted by atomic mass is 14.9. The van der Waals surface area contributed by atoms with E-state index in [0.29, 0.717) is 19.3 Å². The van der Waals surface area contributed by atoms with Crippen molar-refractivity contribution in [3.8, 4) is 0 Å². The molecule has 0 aromatic heterocycles. The standard InChI is InChI=1S/C13H36N8/c1-6(14)9(17)3-8(16)4-10(18)11(19)5-12(20)13(21)7(2)15/h6-13H,3-5,14-21H2,1-2H3. The third-order valence-electron chi connectivity index (χ3n) is 4.02. The van der Waals surface area contributed by atoms with E-state index in [1.807, 2.05) is 13.8 Å². The first-order chi connectivity index (χ1) is 9.56. The number of hydrogen-bond acceptors (Lipinski definition) is 8. The summed E-state index contributed by atoms with van der Waals surface area (Å²) in [6.07, 6.45) is 1.70. The normalized spacial score (nSPS) is 23.7. The van der Waals surface area contributed by atoms with E-state index in [4.69, 9.17) is 45.9 Å². The monoisotopic (exact) mass is 304 g/mol. The van der Waals surface area contributed by atoms with Crippen LogP contribution in [-0.4, -0.2) is 48.3 Å². The number of nitrogens with two attached hydrogens (primary N) is 8. The molecule has 8 nitrogen and oxygen atoms in total. The molecule has 0 fully saturated rings. The van der Waals surface area contributed by atoms with Crippen molar-refractivity contribution >= 4 is 0 Å². The van der Waals surface area contributed by atoms with Gasteiger partial charge in [0.2, 0.25) is 0 Å². The smallest absolute Gasteiger partial charge is 0.0344 e. The Labute approximate surface area is 128 Å². The minimum absolute atomic E-state index is 0.0987. The Balaban J connectivity index is 4.23. The predicted octanol–water partition coefficient (Wildman–Crippen LogP) is -3.19. The second-order valence-electron chi connectivity index (χ2n) is 6.42. The van der Waals surface area contributed by atoms with Crippen molar-refractivity contribution < 1.29 is 0 Å². The van der Waals surface area contributed by atoms with E-state index in [1.165, 1.54) is 0 Å². The zero-order chi connectivity index (χ0) is 16.7. The fraction of sp³-hybridized carbons (Fsp3) is 1.00. The van der Waals surface area contributed by atoms with Crippen LogP contribution in [0.5, 0.6) is 0 Å². The maximum Gasteiger partial charge on any atom is 0.0344 e. The summed E-state index contributed by atoms with van der Waals surface area (Å²) in [7, 11) is 0. The Morgan fingerprint density at radius 2 is 0.952 bits per heavy atom. The highest BCUT2D eigenvalue weighted by Gasteiger charge is 2.24. The van der Waals surface area contributed by atoms with E-state index in [-0.39, 0.29) is 48.3 Å². The van der Waals surface area contributed by atoms with Gasteiger partial charge in [-0.25, -0.2) is 0 Å². The zero-order valence-electron chi connectivity index (χ0n) is 13.4. The molecule has 0 amide bonds. The average molecular weight is 304 g/mol. The third-order valence-corrected chi connectivity index (χ3v) is 4.02. The molecule has 8 unspecified atom stereocenters. The molecule has 0 saturated carbocycles. The summed E-state index contributed by atoms with van der Waals surface area (Å²) >= 11 is 0. The molecule has 21 heavy (non-hydrogen) atoms. The predicted molar refractivity (Wildman–Crippen MR) is 89.0 cm³/mol. The van der Waals surface area contributed by atoms with Crippen molar-refractivity contribution in [3.63, 3.8) is 0 Å². The molecule has 0 rings (SSSR count). The van der Waals surface area contributed by atoms with E-state index in [9.17, 15) is 0 Å². The molecular formula is C13H36N8. The Hall–Kier alpha value is -0.320. The van der Waals surface area contributed by atoms with Crippen LogP contribution in [0.25, 0.3) is 0 Å². The second kappa shape index (κ2) is 9.65. The molecule has 8 atom stereocenters. The highest BCUT2D eigenvalue weighted by Crippen LogP contribution is 2.09. The van der Waals surface area contributed by atoms with Crippen molar-refractivity contribution in [1.82, 2.24) is 0 Å². The first-order valence-electron chi connectivity index (χ1n) is 7.60. The molecule has 0 aromatic rings. The Morgan fingerprint density at radius 1 is 0.524 bits per heavy atom. The molecule has 0 radical (unpaired) electrons. The van der Waals surface area contributed by atoms with Crippen LogP contribution in [-0.2, 0) is 0 Å². The number of rotatable bonds is 10. The summed E-state index contributed by atoms with van der Waals surface area (Å²) in [5, 5.41) is 0. The van der Waals surface area contributed by atoms with Crippen molar-refractivity contribution in [2.45, 2.75) is 81.4 Å². The Kier molecular flexibility index (Phi) is 9.50. The van der Waals surface area contributed by atoms with Crippen LogP contribution in [0.1, 0.15) is 33.1 Å². The van der Waals surface area contributed by atoms with E-state index < -0.39 is 0 Å². The van der Waals surface area contributed by atoms with Crippen LogP contribution < -0.4 is 45.9 Å². The molecule has 0 saturated heterocycles. The Bertz CT molecular complexity index is 273. The fourth-order valence-corrected chi connectivity index (χ4v) is 2.22. The van der Waals surface area contributed by atoms with E-state index in [0.717, 1.165) is 0 Å². The molecule has 8 heteroatoms. The van der Waals surface area contributed by atoms with Crippen LogP contribution in [0.15, 0.2) is 0 Å². The number of hydrogen-bond donors (Lipinski definition) is 8. The molecule has 16 N–H and O–H groups in total. The topological polar surface area (TPSA) is 208 Å². The molecule has 0 heterocycles. The lowest BCUT2D eigenvalue weighted by Gasteiger charge is -2.30. The summed E-state index contributed by atoms with van der Waals surface area (Å²) in [6.45, 7) is 3.68. The third kappa shape index (κ3) is 8.03. The lowest BCUT2D eigenvalue weighted by molar-refractivity contribution is 0.353. The molecular weight excluding hydrogens is 268 g/mol. The van der Waals surface area contributed by atoms with Crippen molar-refractivity contribution in [3.05, 3.63) is 0 Å². The largest absolute Gasteiger partial charge is 0.328 e. The first kappa shape index (κ1) is 20.7. The Morgan fingerprint density at radius 3 is 1.38 bits per heavy atom. The van der Waals surface area contributed by atoms with Crippen molar-refractivity contribution in [2.75, 3.05) is 0 Å². The van der Waals surface area contributed by atoms with Crippen molar-refractivity contribution in [2.24, 2.45) is 45.9 Å². The van der Waals surface area contributed by atoms with Crippen LogP contribution in [0.4, 0.5) is 0 Å². The molecule has 0 spiro atoms. The molecule has 0 bridgehead atoms.